The van der Waals surface area contributed by atoms with E-state index >= 15 is 0 Å². The molecule has 0 aliphatic carbocycles. The molecule has 0 aliphatic rings. The minimum Gasteiger partial charge on any atom is -0.387 e. The molecule has 0 bridgehead atoms. The molecule has 0 saturated heterocycles. The van der Waals surface area contributed by atoms with Gasteiger partial charge in [-0.05, 0) is 0 Å². The molecule has 8 heteroatoms. The van der Waals surface area contributed by atoms with Crippen LogP contribution in [0.3, 0.4) is 0 Å². The van der Waals surface area contributed by atoms with Gasteiger partial charge in [0.05, 0.1) is 0 Å². The molecule has 0 aliphatic heterocycles. The third-order valence-electron chi connectivity index (χ3n) is 1.93. The van der Waals surface area contributed by atoms with Crippen LogP contribution in [0.25, 0.3) is 5.82 Å². The third-order valence-corrected chi connectivity index (χ3v) is 2.11. The highest BCUT2D eigenvalue weighted by Gasteiger charge is 2.09. The maximum absolute atomic E-state index is 11.7. The summed E-state index contributed by atoms with van der Waals surface area (Å²) in [6.07, 6.45) is 4.40. The molecule has 0 atom stereocenters. The molecule has 2 N–H and O–H groups in total. The van der Waals surface area contributed by atoms with Gasteiger partial charge in [0.2, 0.25) is 11.6 Å². The van der Waals surface area contributed by atoms with Crippen molar-refractivity contribution in [2.24, 2.45) is 12.8 Å². The summed E-state index contributed by atoms with van der Waals surface area (Å²) in [7, 11) is 1.62. The van der Waals surface area contributed by atoms with Crippen molar-refractivity contribution in [3.63, 3.8) is 0 Å². The smallest absolute Gasteiger partial charge is 0.295 e. The summed E-state index contributed by atoms with van der Waals surface area (Å²) in [6.45, 7) is 0. The fraction of sp³-hybridized carbons (Fsp3) is 0.125. The molecular formula is C8H8N6OS. The fourth-order valence-electron chi connectivity index (χ4n) is 1.12. The van der Waals surface area contributed by atoms with E-state index in [4.69, 9.17) is 18.0 Å². The number of nitrogens with two attached hydrogens (primary N) is 1. The van der Waals surface area contributed by atoms with Crippen LogP contribution >= 0.6 is 12.2 Å². The lowest BCUT2D eigenvalue weighted by Crippen LogP contribution is -2.23. The molecule has 0 aromatic carbocycles. The topological polar surface area (TPSA) is 91.6 Å². The van der Waals surface area contributed by atoms with Crippen molar-refractivity contribution >= 4 is 17.2 Å². The van der Waals surface area contributed by atoms with E-state index in [1.165, 1.54) is 21.8 Å². The van der Waals surface area contributed by atoms with E-state index in [0.717, 1.165) is 0 Å². The lowest BCUT2D eigenvalue weighted by molar-refractivity contribution is 0.764. The van der Waals surface area contributed by atoms with Crippen LogP contribution in [0, 0.1) is 0 Å². The monoisotopic (exact) mass is 236 g/mol. The van der Waals surface area contributed by atoms with Crippen LogP contribution in [0.5, 0.6) is 0 Å². The number of hydrogen-bond acceptors (Lipinski definition) is 5. The Bertz CT molecular complexity index is 601. The summed E-state index contributed by atoms with van der Waals surface area (Å²) in [6, 6.07) is 0. The van der Waals surface area contributed by atoms with Crippen molar-refractivity contribution in [2.45, 2.75) is 0 Å². The molecular weight excluding hydrogens is 228 g/mol. The summed E-state index contributed by atoms with van der Waals surface area (Å²) in [5.74, 6) is 0.364. The predicted molar refractivity (Wildman–Crippen MR) is 60.3 cm³/mol. The third kappa shape index (κ3) is 1.70. The van der Waals surface area contributed by atoms with Crippen LogP contribution in [-0.2, 0) is 7.05 Å². The quantitative estimate of drug-likeness (QED) is 0.672. The zero-order valence-electron chi connectivity index (χ0n) is 8.36. The van der Waals surface area contributed by atoms with Gasteiger partial charge in [-0.1, -0.05) is 12.2 Å². The molecule has 0 radical (unpaired) electrons. The Morgan fingerprint density at radius 2 is 2.25 bits per heavy atom. The first-order valence-electron chi connectivity index (χ1n) is 4.33. The second-order valence-electron chi connectivity index (χ2n) is 3.04. The van der Waals surface area contributed by atoms with Gasteiger partial charge in [-0.3, -0.25) is 4.79 Å². The number of aromatic nitrogens is 5. The summed E-state index contributed by atoms with van der Waals surface area (Å²) in [4.78, 5) is 19.6. The van der Waals surface area contributed by atoms with Crippen LogP contribution < -0.4 is 11.3 Å². The van der Waals surface area contributed by atoms with Crippen molar-refractivity contribution < 1.29 is 0 Å². The van der Waals surface area contributed by atoms with Crippen molar-refractivity contribution in [2.75, 3.05) is 0 Å². The lowest BCUT2D eigenvalue weighted by Gasteiger charge is -2.00. The first-order chi connectivity index (χ1) is 7.59. The largest absolute Gasteiger partial charge is 0.387 e. The first-order valence-corrected chi connectivity index (χ1v) is 4.74. The molecule has 2 rings (SSSR count). The van der Waals surface area contributed by atoms with Gasteiger partial charge < -0.3 is 10.3 Å². The number of aryl methyl sites for hydroxylation is 1. The first kappa shape index (κ1) is 10.4. The van der Waals surface area contributed by atoms with Gasteiger partial charge in [-0.15, -0.1) is 5.10 Å². The molecule has 0 spiro atoms. The van der Waals surface area contributed by atoms with Crippen LogP contribution in [0.15, 0.2) is 23.5 Å². The molecule has 0 saturated carbocycles. The second-order valence-corrected chi connectivity index (χ2v) is 3.48. The van der Waals surface area contributed by atoms with Crippen LogP contribution in [0.2, 0.25) is 0 Å². The van der Waals surface area contributed by atoms with E-state index in [1.807, 2.05) is 0 Å². The SMILES string of the molecule is Cn1ccnc(-n2cnc(C(N)=S)n2)c1=O. The van der Waals surface area contributed by atoms with E-state index < -0.39 is 0 Å². The minimum absolute atomic E-state index is 0.0755. The maximum Gasteiger partial charge on any atom is 0.295 e. The zero-order valence-corrected chi connectivity index (χ0v) is 9.18. The van der Waals surface area contributed by atoms with Gasteiger partial charge in [-0.2, -0.15) is 4.68 Å². The fourth-order valence-corrected chi connectivity index (χ4v) is 1.21. The molecule has 16 heavy (non-hydrogen) atoms. The lowest BCUT2D eigenvalue weighted by atomic mass is 10.6. The molecule has 0 unspecified atom stereocenters. The van der Waals surface area contributed by atoms with E-state index in [-0.39, 0.29) is 22.2 Å². The Hall–Kier alpha value is -2.09. The summed E-state index contributed by atoms with van der Waals surface area (Å²) < 4.78 is 2.64. The standard InChI is InChI=1S/C8H8N6OS/c1-13-3-2-10-7(8(13)15)14-4-11-6(12-14)5(9)16/h2-4H,1H3,(H2,9,16). The highest BCUT2D eigenvalue weighted by molar-refractivity contribution is 7.80. The average molecular weight is 236 g/mol. The summed E-state index contributed by atoms with van der Waals surface area (Å²) >= 11 is 4.72. The van der Waals surface area contributed by atoms with Crippen LogP contribution in [0.4, 0.5) is 0 Å². The van der Waals surface area contributed by atoms with Gasteiger partial charge in [0.25, 0.3) is 5.56 Å². The van der Waals surface area contributed by atoms with Crippen LogP contribution in [-0.4, -0.2) is 29.3 Å². The van der Waals surface area contributed by atoms with Crippen LogP contribution in [0.1, 0.15) is 5.82 Å². The molecule has 7 nitrogen and oxygen atoms in total. The maximum atomic E-state index is 11.7. The second kappa shape index (κ2) is 3.81. The highest BCUT2D eigenvalue weighted by Crippen LogP contribution is 1.95. The van der Waals surface area contributed by atoms with Gasteiger partial charge in [0.1, 0.15) is 11.3 Å². The van der Waals surface area contributed by atoms with E-state index in [1.54, 1.807) is 13.2 Å². The van der Waals surface area contributed by atoms with Gasteiger partial charge in [0.15, 0.2) is 0 Å². The van der Waals surface area contributed by atoms with Crippen molar-refractivity contribution in [1.82, 2.24) is 24.3 Å². The highest BCUT2D eigenvalue weighted by atomic mass is 32.1. The van der Waals surface area contributed by atoms with E-state index in [0.29, 0.717) is 0 Å². The average Bonchev–Trinajstić information content (AvgIpc) is 2.71. The summed E-state index contributed by atoms with van der Waals surface area (Å²) in [5.41, 5.74) is 5.09. The number of rotatable bonds is 2. The Morgan fingerprint density at radius 3 is 2.88 bits per heavy atom. The zero-order chi connectivity index (χ0) is 11.7. The van der Waals surface area contributed by atoms with Gasteiger partial charge in [-0.25, -0.2) is 9.97 Å². The molecule has 0 amide bonds. The predicted octanol–water partition coefficient (Wildman–Crippen LogP) is -1.00. The number of thiocarbonyl (C=S) groups is 1. The van der Waals surface area contributed by atoms with E-state index in [2.05, 4.69) is 15.1 Å². The Kier molecular flexibility index (Phi) is 2.49. The van der Waals surface area contributed by atoms with Crippen molar-refractivity contribution in [1.29, 1.82) is 0 Å². The molecule has 82 valence electrons. The van der Waals surface area contributed by atoms with Crippen molar-refractivity contribution in [3.05, 3.63) is 34.9 Å². The molecule has 2 heterocycles. The summed E-state index contributed by atoms with van der Waals surface area (Å²) in [5, 5.41) is 3.95. The Balaban J connectivity index is 2.55. The molecule has 2 aromatic heterocycles. The number of nitrogens with zero attached hydrogens (tertiary/aromatic N) is 5. The number of hydrogen-bond donors (Lipinski definition) is 1. The van der Waals surface area contributed by atoms with E-state index in [9.17, 15) is 4.79 Å². The minimum atomic E-state index is -0.276. The molecule has 2 aromatic rings. The normalized spacial score (nSPS) is 10.3. The van der Waals surface area contributed by atoms with Crippen molar-refractivity contribution in [3.8, 4) is 5.82 Å². The van der Waals surface area contributed by atoms with Gasteiger partial charge in [0, 0.05) is 19.4 Å². The Labute approximate surface area is 95.6 Å². The molecule has 0 fully saturated rings. The van der Waals surface area contributed by atoms with Gasteiger partial charge >= 0.3 is 0 Å². The Morgan fingerprint density at radius 1 is 1.50 bits per heavy atom.